The molecular weight excluding hydrogens is 274 g/mol. The molecule has 1 aromatic carbocycles. The SMILES string of the molecule is CC(CCN)c1nc(C2CSc3ccccc3O2)no1. The summed E-state index contributed by atoms with van der Waals surface area (Å²) in [6, 6.07) is 8.00. The molecule has 2 aromatic rings. The van der Waals surface area contributed by atoms with Gasteiger partial charge in [0.15, 0.2) is 6.10 Å². The molecule has 1 aliphatic rings. The molecule has 106 valence electrons. The Hall–Kier alpha value is -1.53. The van der Waals surface area contributed by atoms with Crippen LogP contribution in [0.1, 0.15) is 37.1 Å². The van der Waals surface area contributed by atoms with E-state index in [0.29, 0.717) is 18.3 Å². The average molecular weight is 291 g/mol. The molecule has 2 atom stereocenters. The Morgan fingerprint density at radius 1 is 1.45 bits per heavy atom. The third kappa shape index (κ3) is 2.66. The topological polar surface area (TPSA) is 74.2 Å². The van der Waals surface area contributed by atoms with Crippen LogP contribution in [0.25, 0.3) is 0 Å². The van der Waals surface area contributed by atoms with E-state index in [-0.39, 0.29) is 12.0 Å². The van der Waals surface area contributed by atoms with Crippen LogP contribution in [0.4, 0.5) is 0 Å². The fraction of sp³-hybridized carbons (Fsp3) is 0.429. The van der Waals surface area contributed by atoms with Crippen LogP contribution in [0, 0.1) is 0 Å². The first-order valence-corrected chi connectivity index (χ1v) is 7.68. The summed E-state index contributed by atoms with van der Waals surface area (Å²) in [7, 11) is 0. The minimum absolute atomic E-state index is 0.155. The Morgan fingerprint density at radius 2 is 2.30 bits per heavy atom. The molecule has 20 heavy (non-hydrogen) atoms. The van der Waals surface area contributed by atoms with Gasteiger partial charge in [0.05, 0.1) is 0 Å². The number of benzene rings is 1. The van der Waals surface area contributed by atoms with Crippen LogP contribution in [-0.2, 0) is 0 Å². The van der Waals surface area contributed by atoms with Crippen molar-refractivity contribution in [1.29, 1.82) is 0 Å². The van der Waals surface area contributed by atoms with Gasteiger partial charge >= 0.3 is 0 Å². The van der Waals surface area contributed by atoms with E-state index < -0.39 is 0 Å². The van der Waals surface area contributed by atoms with Crippen molar-refractivity contribution in [3.63, 3.8) is 0 Å². The molecule has 5 nitrogen and oxygen atoms in total. The summed E-state index contributed by atoms with van der Waals surface area (Å²) >= 11 is 1.75. The molecule has 0 fully saturated rings. The Labute approximate surface area is 121 Å². The zero-order chi connectivity index (χ0) is 13.9. The number of nitrogens with zero attached hydrogens (tertiary/aromatic N) is 2. The summed E-state index contributed by atoms with van der Waals surface area (Å²) in [5, 5.41) is 4.05. The summed E-state index contributed by atoms with van der Waals surface area (Å²) in [5.74, 6) is 3.12. The summed E-state index contributed by atoms with van der Waals surface area (Å²) in [5.41, 5.74) is 5.55. The van der Waals surface area contributed by atoms with Crippen LogP contribution >= 0.6 is 11.8 Å². The highest BCUT2D eigenvalue weighted by Gasteiger charge is 2.26. The monoisotopic (exact) mass is 291 g/mol. The smallest absolute Gasteiger partial charge is 0.229 e. The fourth-order valence-electron chi connectivity index (χ4n) is 2.10. The number of aromatic nitrogens is 2. The van der Waals surface area contributed by atoms with Gasteiger partial charge in [-0.3, -0.25) is 0 Å². The van der Waals surface area contributed by atoms with Crippen molar-refractivity contribution in [2.75, 3.05) is 12.3 Å². The average Bonchev–Trinajstić information content (AvgIpc) is 2.97. The first-order valence-electron chi connectivity index (χ1n) is 6.70. The van der Waals surface area contributed by atoms with Crippen LogP contribution in [0.5, 0.6) is 5.75 Å². The predicted molar refractivity (Wildman–Crippen MR) is 76.9 cm³/mol. The van der Waals surface area contributed by atoms with Crippen molar-refractivity contribution in [3.8, 4) is 5.75 Å². The fourth-order valence-corrected chi connectivity index (χ4v) is 3.08. The largest absolute Gasteiger partial charge is 0.480 e. The summed E-state index contributed by atoms with van der Waals surface area (Å²) < 4.78 is 11.3. The van der Waals surface area contributed by atoms with Gasteiger partial charge in [-0.1, -0.05) is 24.2 Å². The van der Waals surface area contributed by atoms with Crippen molar-refractivity contribution in [3.05, 3.63) is 36.0 Å². The number of fused-ring (bicyclic) bond motifs is 1. The number of thioether (sulfide) groups is 1. The van der Waals surface area contributed by atoms with Gasteiger partial charge in [-0.25, -0.2) is 0 Å². The van der Waals surface area contributed by atoms with E-state index in [1.807, 2.05) is 25.1 Å². The van der Waals surface area contributed by atoms with Gasteiger partial charge < -0.3 is 15.0 Å². The van der Waals surface area contributed by atoms with Crippen molar-refractivity contribution >= 4 is 11.8 Å². The number of para-hydroxylation sites is 1. The van der Waals surface area contributed by atoms with E-state index >= 15 is 0 Å². The maximum absolute atomic E-state index is 5.94. The van der Waals surface area contributed by atoms with Crippen LogP contribution < -0.4 is 10.5 Å². The van der Waals surface area contributed by atoms with Gasteiger partial charge in [0.2, 0.25) is 11.7 Å². The van der Waals surface area contributed by atoms with Gasteiger partial charge in [0, 0.05) is 16.6 Å². The lowest BCUT2D eigenvalue weighted by Gasteiger charge is -2.22. The molecule has 0 radical (unpaired) electrons. The first-order chi connectivity index (χ1) is 9.78. The van der Waals surface area contributed by atoms with Crippen LogP contribution in [0.2, 0.25) is 0 Å². The minimum atomic E-state index is -0.155. The highest BCUT2D eigenvalue weighted by molar-refractivity contribution is 7.99. The lowest BCUT2D eigenvalue weighted by Crippen LogP contribution is -2.16. The van der Waals surface area contributed by atoms with Crippen molar-refractivity contribution in [2.24, 2.45) is 5.73 Å². The molecule has 3 rings (SSSR count). The minimum Gasteiger partial charge on any atom is -0.480 e. The molecule has 0 bridgehead atoms. The Bertz CT molecular complexity index is 587. The molecule has 0 spiro atoms. The van der Waals surface area contributed by atoms with Gasteiger partial charge in [-0.05, 0) is 25.1 Å². The third-order valence-electron chi connectivity index (χ3n) is 3.28. The van der Waals surface area contributed by atoms with E-state index in [9.17, 15) is 0 Å². The Balaban J connectivity index is 1.75. The molecule has 2 heterocycles. The van der Waals surface area contributed by atoms with Gasteiger partial charge in [0.1, 0.15) is 5.75 Å². The van der Waals surface area contributed by atoms with E-state index in [0.717, 1.165) is 22.8 Å². The van der Waals surface area contributed by atoms with Crippen LogP contribution in [-0.4, -0.2) is 22.4 Å². The molecular formula is C14H17N3O2S. The molecule has 1 aromatic heterocycles. The predicted octanol–water partition coefficient (Wildman–Crippen LogP) is 2.75. The third-order valence-corrected chi connectivity index (χ3v) is 4.39. The van der Waals surface area contributed by atoms with Crippen LogP contribution in [0.15, 0.2) is 33.7 Å². The first kappa shape index (κ1) is 13.5. The van der Waals surface area contributed by atoms with Gasteiger partial charge in [-0.15, -0.1) is 11.8 Å². The lowest BCUT2D eigenvalue weighted by atomic mass is 10.1. The number of nitrogens with two attached hydrogens (primary N) is 1. The number of hydrogen-bond acceptors (Lipinski definition) is 6. The Kier molecular flexibility index (Phi) is 3.93. The lowest BCUT2D eigenvalue weighted by molar-refractivity contribution is 0.205. The molecule has 0 saturated heterocycles. The summed E-state index contributed by atoms with van der Waals surface area (Å²) in [4.78, 5) is 5.61. The highest BCUT2D eigenvalue weighted by atomic mass is 32.2. The number of rotatable bonds is 4. The molecule has 0 aliphatic carbocycles. The molecule has 2 unspecified atom stereocenters. The second-order valence-corrected chi connectivity index (χ2v) is 5.90. The quantitative estimate of drug-likeness (QED) is 0.933. The highest BCUT2D eigenvalue weighted by Crippen LogP contribution is 2.39. The summed E-state index contributed by atoms with van der Waals surface area (Å²) in [6.07, 6.45) is 0.683. The van der Waals surface area contributed by atoms with E-state index in [2.05, 4.69) is 16.2 Å². The zero-order valence-corrected chi connectivity index (χ0v) is 12.1. The zero-order valence-electron chi connectivity index (χ0n) is 11.3. The molecule has 6 heteroatoms. The number of hydrogen-bond donors (Lipinski definition) is 1. The van der Waals surface area contributed by atoms with Crippen molar-refractivity contribution < 1.29 is 9.26 Å². The molecule has 2 N–H and O–H groups in total. The maximum atomic E-state index is 5.94. The molecule has 1 aliphatic heterocycles. The van der Waals surface area contributed by atoms with Crippen molar-refractivity contribution in [2.45, 2.75) is 30.3 Å². The van der Waals surface area contributed by atoms with E-state index in [1.165, 1.54) is 0 Å². The normalized spacial score (nSPS) is 19.2. The van der Waals surface area contributed by atoms with Crippen LogP contribution in [0.3, 0.4) is 0 Å². The molecule has 0 saturated carbocycles. The second kappa shape index (κ2) is 5.85. The van der Waals surface area contributed by atoms with Crippen molar-refractivity contribution in [1.82, 2.24) is 10.1 Å². The van der Waals surface area contributed by atoms with Gasteiger partial charge in [0.25, 0.3) is 0 Å². The van der Waals surface area contributed by atoms with Gasteiger partial charge in [-0.2, -0.15) is 4.98 Å². The maximum Gasteiger partial charge on any atom is 0.229 e. The number of ether oxygens (including phenoxy) is 1. The van der Waals surface area contributed by atoms with E-state index in [4.69, 9.17) is 15.0 Å². The molecule has 0 amide bonds. The standard InChI is InChI=1S/C14H17N3O2S/c1-9(6-7-15)14-16-13(17-19-14)11-8-20-12-5-3-2-4-10(12)18-11/h2-5,9,11H,6-8,15H2,1H3. The van der Waals surface area contributed by atoms with E-state index in [1.54, 1.807) is 11.8 Å². The summed E-state index contributed by atoms with van der Waals surface area (Å²) in [6.45, 7) is 2.65. The Morgan fingerprint density at radius 3 is 3.15 bits per heavy atom. The second-order valence-electron chi connectivity index (χ2n) is 4.83.